The van der Waals surface area contributed by atoms with Crippen LogP contribution < -0.4 is 5.32 Å². The van der Waals surface area contributed by atoms with Gasteiger partial charge in [-0.05, 0) is 71.4 Å². The summed E-state index contributed by atoms with van der Waals surface area (Å²) in [5, 5.41) is 9.54. The highest BCUT2D eigenvalue weighted by Gasteiger charge is 2.27. The Balaban J connectivity index is 1.84. The van der Waals surface area contributed by atoms with Gasteiger partial charge in [-0.25, -0.2) is 9.97 Å². The summed E-state index contributed by atoms with van der Waals surface area (Å²) < 4.78 is 7.56. The lowest BCUT2D eigenvalue weighted by molar-refractivity contribution is 0.108. The van der Waals surface area contributed by atoms with Gasteiger partial charge in [-0.1, -0.05) is 12.2 Å². The number of thiophene rings is 1. The predicted molar refractivity (Wildman–Crippen MR) is 138 cm³/mol. The molecule has 7 nitrogen and oxygen atoms in total. The van der Waals surface area contributed by atoms with Crippen LogP contribution in [0.3, 0.4) is 0 Å². The van der Waals surface area contributed by atoms with Gasteiger partial charge in [0.15, 0.2) is 5.82 Å². The zero-order chi connectivity index (χ0) is 23.5. The highest BCUT2D eigenvalue weighted by molar-refractivity contribution is 7.22. The number of nitrogens with one attached hydrogen (secondary N) is 1. The van der Waals surface area contributed by atoms with Crippen LogP contribution in [0.1, 0.15) is 57.5 Å². The van der Waals surface area contributed by atoms with Crippen molar-refractivity contribution < 1.29 is 4.74 Å². The quantitative estimate of drug-likeness (QED) is 0.325. The van der Waals surface area contributed by atoms with E-state index in [-0.39, 0.29) is 0 Å². The van der Waals surface area contributed by atoms with Crippen molar-refractivity contribution in [2.75, 3.05) is 12.4 Å². The Kier molecular flexibility index (Phi) is 7.05. The number of fused-ring (bicyclic) bond motifs is 1. The summed E-state index contributed by atoms with van der Waals surface area (Å²) in [6.07, 6.45) is 11.2. The molecule has 0 aliphatic heterocycles. The summed E-state index contributed by atoms with van der Waals surface area (Å²) >= 11 is 1.65. The van der Waals surface area contributed by atoms with E-state index in [4.69, 9.17) is 19.8 Å². The Labute approximate surface area is 199 Å². The van der Waals surface area contributed by atoms with E-state index >= 15 is 0 Å². The van der Waals surface area contributed by atoms with Crippen molar-refractivity contribution >= 4 is 39.8 Å². The summed E-state index contributed by atoms with van der Waals surface area (Å²) in [5.41, 5.74) is 2.75. The summed E-state index contributed by atoms with van der Waals surface area (Å²) in [5.74, 6) is 1.41. The third kappa shape index (κ3) is 4.77. The predicted octanol–water partition coefficient (Wildman–Crippen LogP) is 6.04. The molecular formula is C25H32N6OS. The fraction of sp³-hybridized carbons (Fsp3) is 0.440. The molecule has 2 atom stereocenters. The average molecular weight is 465 g/mol. The number of aromatic nitrogens is 4. The fourth-order valence-electron chi connectivity index (χ4n) is 4.21. The van der Waals surface area contributed by atoms with Gasteiger partial charge in [-0.3, -0.25) is 9.67 Å². The smallest absolute Gasteiger partial charge is 0.181 e. The van der Waals surface area contributed by atoms with Crippen LogP contribution >= 0.6 is 11.3 Å². The van der Waals surface area contributed by atoms with E-state index in [2.05, 4.69) is 43.9 Å². The van der Waals surface area contributed by atoms with Gasteiger partial charge in [0.05, 0.1) is 16.4 Å². The molecule has 1 fully saturated rings. The Morgan fingerprint density at radius 2 is 2.18 bits per heavy atom. The molecule has 2 unspecified atom stereocenters. The zero-order valence-electron chi connectivity index (χ0n) is 20.0. The average Bonchev–Trinajstić information content (AvgIpc) is 3.53. The lowest BCUT2D eigenvalue weighted by Crippen LogP contribution is -2.18. The number of aliphatic imine (C=N–C) groups is 1. The number of nitrogens with zero attached hydrogens (tertiary/aromatic N) is 5. The molecule has 4 rings (SSSR count). The van der Waals surface area contributed by atoms with Gasteiger partial charge in [0.2, 0.25) is 0 Å². The molecule has 33 heavy (non-hydrogen) atoms. The van der Waals surface area contributed by atoms with Crippen LogP contribution in [0.5, 0.6) is 0 Å². The van der Waals surface area contributed by atoms with Gasteiger partial charge in [0, 0.05) is 25.4 Å². The summed E-state index contributed by atoms with van der Waals surface area (Å²) in [6.45, 7) is 12.1. The molecule has 0 amide bonds. The molecule has 3 heterocycles. The number of anilines is 1. The standard InChI is InChI=1S/C25H32N6OS/c1-7-8-9-20(26-5)23-28-24(27-17-10-11-18(14-17)32-6)21-16(4)22(33-25(21)29-23)19-12-13-31(30-19)15(2)3/h7-9,12-13,15,17-18H,5,10-11,14H2,1-4,6H3,(H,27,28,29)/b8-7-,20-9-. The molecule has 3 aromatic rings. The maximum Gasteiger partial charge on any atom is 0.181 e. The highest BCUT2D eigenvalue weighted by atomic mass is 32.1. The number of allylic oxidation sites excluding steroid dienone is 3. The SMILES string of the molecule is C=N/C(=C\C=C/C)c1nc(NC2CCC(OC)C2)c2c(C)c(-c3ccn(C(C)C)n3)sc2n1. The van der Waals surface area contributed by atoms with Gasteiger partial charge in [0.25, 0.3) is 0 Å². The minimum absolute atomic E-state index is 0.290. The summed E-state index contributed by atoms with van der Waals surface area (Å²) in [6, 6.07) is 2.69. The van der Waals surface area contributed by atoms with Crippen LogP contribution in [-0.2, 0) is 4.74 Å². The molecule has 0 spiro atoms. The number of rotatable bonds is 8. The van der Waals surface area contributed by atoms with E-state index < -0.39 is 0 Å². The van der Waals surface area contributed by atoms with Crippen LogP contribution in [0.15, 0.2) is 35.5 Å². The van der Waals surface area contributed by atoms with Gasteiger partial charge in [-0.15, -0.1) is 11.3 Å². The van der Waals surface area contributed by atoms with E-state index in [0.717, 1.165) is 51.4 Å². The minimum Gasteiger partial charge on any atom is -0.381 e. The zero-order valence-corrected chi connectivity index (χ0v) is 20.8. The largest absolute Gasteiger partial charge is 0.381 e. The third-order valence-corrected chi connectivity index (χ3v) is 7.27. The lowest BCUT2D eigenvalue weighted by atomic mass is 10.1. The molecule has 3 aromatic heterocycles. The maximum absolute atomic E-state index is 5.58. The minimum atomic E-state index is 0.290. The van der Waals surface area contributed by atoms with Crippen molar-refractivity contribution in [3.05, 3.63) is 41.9 Å². The molecule has 0 saturated heterocycles. The van der Waals surface area contributed by atoms with Crippen LogP contribution in [-0.4, -0.2) is 45.7 Å². The molecule has 0 bridgehead atoms. The second-order valence-corrected chi connectivity index (χ2v) is 9.65. The van der Waals surface area contributed by atoms with Crippen LogP contribution in [0.25, 0.3) is 26.5 Å². The number of aryl methyl sites for hydroxylation is 1. The van der Waals surface area contributed by atoms with E-state index in [1.54, 1.807) is 18.4 Å². The first-order chi connectivity index (χ1) is 15.9. The van der Waals surface area contributed by atoms with E-state index in [1.165, 1.54) is 0 Å². The third-order valence-electron chi connectivity index (χ3n) is 6.06. The fourth-order valence-corrected chi connectivity index (χ4v) is 5.36. The Bertz CT molecular complexity index is 1210. The first kappa shape index (κ1) is 23.3. The van der Waals surface area contributed by atoms with Crippen molar-refractivity contribution in [1.82, 2.24) is 19.7 Å². The highest BCUT2D eigenvalue weighted by Crippen LogP contribution is 2.41. The second kappa shape index (κ2) is 9.97. The van der Waals surface area contributed by atoms with Crippen LogP contribution in [0.2, 0.25) is 0 Å². The van der Waals surface area contributed by atoms with E-state index in [0.29, 0.717) is 29.7 Å². The van der Waals surface area contributed by atoms with Gasteiger partial charge < -0.3 is 10.1 Å². The molecule has 1 N–H and O–H groups in total. The normalized spacial score (nSPS) is 19.3. The Morgan fingerprint density at radius 1 is 1.36 bits per heavy atom. The van der Waals surface area contributed by atoms with Gasteiger partial charge in [0.1, 0.15) is 22.0 Å². The van der Waals surface area contributed by atoms with Gasteiger partial charge in [-0.2, -0.15) is 5.10 Å². The molecule has 1 aliphatic rings. The number of hydrogen-bond donors (Lipinski definition) is 1. The molecule has 0 aromatic carbocycles. The van der Waals surface area contributed by atoms with E-state index in [1.807, 2.05) is 36.0 Å². The van der Waals surface area contributed by atoms with Crippen LogP contribution in [0, 0.1) is 6.92 Å². The van der Waals surface area contributed by atoms with Crippen molar-refractivity contribution in [2.24, 2.45) is 4.99 Å². The maximum atomic E-state index is 5.58. The first-order valence-corrected chi connectivity index (χ1v) is 12.2. The number of methoxy groups -OCH3 is 1. The Hall–Kier alpha value is -2.84. The topological polar surface area (TPSA) is 77.2 Å². The summed E-state index contributed by atoms with van der Waals surface area (Å²) in [4.78, 5) is 16.0. The molecule has 174 valence electrons. The van der Waals surface area contributed by atoms with Crippen molar-refractivity contribution in [2.45, 2.75) is 65.1 Å². The van der Waals surface area contributed by atoms with Crippen LogP contribution in [0.4, 0.5) is 5.82 Å². The molecule has 1 saturated carbocycles. The molecule has 0 radical (unpaired) electrons. The van der Waals surface area contributed by atoms with E-state index in [9.17, 15) is 0 Å². The monoisotopic (exact) mass is 464 g/mol. The number of hydrogen-bond acceptors (Lipinski definition) is 7. The first-order valence-electron chi connectivity index (χ1n) is 11.4. The number of ether oxygens (including phenoxy) is 1. The second-order valence-electron chi connectivity index (χ2n) is 8.65. The molecule has 1 aliphatic carbocycles. The lowest BCUT2D eigenvalue weighted by Gasteiger charge is -2.16. The molecule has 8 heteroatoms. The summed E-state index contributed by atoms with van der Waals surface area (Å²) in [7, 11) is 1.79. The van der Waals surface area contributed by atoms with Gasteiger partial charge >= 0.3 is 0 Å². The van der Waals surface area contributed by atoms with Crippen molar-refractivity contribution in [1.29, 1.82) is 0 Å². The van der Waals surface area contributed by atoms with Crippen molar-refractivity contribution in [3.8, 4) is 10.6 Å². The Morgan fingerprint density at radius 3 is 2.82 bits per heavy atom. The van der Waals surface area contributed by atoms with Crippen molar-refractivity contribution in [3.63, 3.8) is 0 Å². The molecular weight excluding hydrogens is 432 g/mol.